The quantitative estimate of drug-likeness (QED) is 0.398. The molecule has 2 aromatic heterocycles. The summed E-state index contributed by atoms with van der Waals surface area (Å²) in [5.41, 5.74) is 0.997. The molecule has 0 aliphatic rings. The van der Waals surface area contributed by atoms with Crippen molar-refractivity contribution in [3.8, 4) is 0 Å². The Morgan fingerprint density at radius 3 is 2.62 bits per heavy atom. The van der Waals surface area contributed by atoms with Crippen molar-refractivity contribution >= 4 is 39.2 Å². The SMILES string of the molecule is O=S(=O)(Nc1ccccc1C([O-])=N/N=C\c1ccncc1)c1cccs1. The van der Waals surface area contributed by atoms with Gasteiger partial charge in [0.15, 0.2) is 0 Å². The zero-order valence-corrected chi connectivity index (χ0v) is 14.9. The third kappa shape index (κ3) is 4.32. The summed E-state index contributed by atoms with van der Waals surface area (Å²) < 4.78 is 27.3. The van der Waals surface area contributed by atoms with E-state index in [0.717, 1.165) is 16.9 Å². The molecule has 26 heavy (non-hydrogen) atoms. The first-order chi connectivity index (χ1) is 12.6. The molecule has 3 rings (SSSR count). The van der Waals surface area contributed by atoms with Crippen molar-refractivity contribution in [1.29, 1.82) is 0 Å². The van der Waals surface area contributed by atoms with Crippen LogP contribution >= 0.6 is 11.3 Å². The van der Waals surface area contributed by atoms with E-state index >= 15 is 0 Å². The molecule has 9 heteroatoms. The van der Waals surface area contributed by atoms with E-state index in [1.54, 1.807) is 48.1 Å². The molecule has 0 saturated heterocycles. The number of thiophene rings is 1. The van der Waals surface area contributed by atoms with Crippen molar-refractivity contribution in [3.63, 3.8) is 0 Å². The zero-order chi connectivity index (χ0) is 18.4. The molecule has 0 atom stereocenters. The summed E-state index contributed by atoms with van der Waals surface area (Å²) in [6, 6.07) is 12.8. The molecule has 0 aliphatic carbocycles. The Labute approximate surface area is 154 Å². The van der Waals surface area contributed by atoms with E-state index in [4.69, 9.17) is 0 Å². The number of rotatable bonds is 6. The number of para-hydroxylation sites is 1. The maximum Gasteiger partial charge on any atom is 0.271 e. The van der Waals surface area contributed by atoms with E-state index in [9.17, 15) is 13.5 Å². The predicted octanol–water partition coefficient (Wildman–Crippen LogP) is 2.08. The summed E-state index contributed by atoms with van der Waals surface area (Å²) in [6.45, 7) is 0. The van der Waals surface area contributed by atoms with Crippen molar-refractivity contribution in [2.45, 2.75) is 4.21 Å². The largest absolute Gasteiger partial charge is 0.857 e. The molecule has 0 radical (unpaired) electrons. The van der Waals surface area contributed by atoms with Gasteiger partial charge in [-0.25, -0.2) is 8.42 Å². The first kappa shape index (κ1) is 17.8. The number of nitrogens with zero attached hydrogens (tertiary/aromatic N) is 3. The molecule has 0 aliphatic heterocycles. The maximum absolute atomic E-state index is 12.4. The topological polar surface area (TPSA) is 107 Å². The number of nitrogens with one attached hydrogen (secondary N) is 1. The summed E-state index contributed by atoms with van der Waals surface area (Å²) in [5.74, 6) is -0.653. The standard InChI is InChI=1S/C17H14N4O3S2/c22-17(20-19-12-13-7-9-18-10-8-13)14-4-1-2-5-15(14)21-26(23,24)16-6-3-11-25-16/h1-12,21H,(H,20,22)/p-1/b19-12-. The highest BCUT2D eigenvalue weighted by Crippen LogP contribution is 2.22. The number of pyridine rings is 1. The van der Waals surface area contributed by atoms with Crippen LogP contribution in [0.25, 0.3) is 0 Å². The van der Waals surface area contributed by atoms with E-state index in [0.29, 0.717) is 0 Å². The van der Waals surface area contributed by atoms with Gasteiger partial charge in [0.25, 0.3) is 10.0 Å². The maximum atomic E-state index is 12.4. The molecular weight excluding hydrogens is 372 g/mol. The summed E-state index contributed by atoms with van der Waals surface area (Å²) in [4.78, 5) is 3.88. The molecule has 1 aromatic carbocycles. The Balaban J connectivity index is 1.85. The van der Waals surface area contributed by atoms with Gasteiger partial charge in [-0.2, -0.15) is 10.2 Å². The number of benzene rings is 1. The first-order valence-electron chi connectivity index (χ1n) is 7.40. The third-order valence-corrected chi connectivity index (χ3v) is 5.99. The number of hydrogen-bond acceptors (Lipinski definition) is 7. The van der Waals surface area contributed by atoms with Crippen molar-refractivity contribution in [3.05, 3.63) is 77.4 Å². The molecule has 0 spiro atoms. The normalized spacial score (nSPS) is 12.4. The van der Waals surface area contributed by atoms with Gasteiger partial charge in [0, 0.05) is 23.9 Å². The minimum atomic E-state index is -3.76. The lowest BCUT2D eigenvalue weighted by atomic mass is 10.2. The molecule has 1 N–H and O–H groups in total. The summed E-state index contributed by atoms with van der Waals surface area (Å²) in [5, 5.41) is 21.3. The second-order valence-electron chi connectivity index (χ2n) is 5.01. The molecule has 132 valence electrons. The Bertz CT molecular complexity index is 1030. The van der Waals surface area contributed by atoms with Gasteiger partial charge in [0.2, 0.25) is 0 Å². The predicted molar refractivity (Wildman–Crippen MR) is 99.9 cm³/mol. The van der Waals surface area contributed by atoms with Crippen LogP contribution in [0.3, 0.4) is 0 Å². The van der Waals surface area contributed by atoms with Crippen molar-refractivity contribution in [2.24, 2.45) is 10.2 Å². The number of hydrogen-bond donors (Lipinski definition) is 1. The lowest BCUT2D eigenvalue weighted by Gasteiger charge is -2.15. The molecule has 2 heterocycles. The van der Waals surface area contributed by atoms with E-state index in [2.05, 4.69) is 19.9 Å². The third-order valence-electron chi connectivity index (χ3n) is 3.22. The van der Waals surface area contributed by atoms with Crippen molar-refractivity contribution in [1.82, 2.24) is 4.98 Å². The lowest BCUT2D eigenvalue weighted by molar-refractivity contribution is -0.213. The molecule has 3 aromatic rings. The van der Waals surface area contributed by atoms with E-state index in [1.807, 2.05) is 0 Å². The molecule has 0 unspecified atom stereocenters. The molecule has 7 nitrogen and oxygen atoms in total. The smallest absolute Gasteiger partial charge is 0.271 e. The highest BCUT2D eigenvalue weighted by molar-refractivity contribution is 7.94. The van der Waals surface area contributed by atoms with Gasteiger partial charge in [-0.3, -0.25) is 9.71 Å². The second kappa shape index (κ2) is 7.89. The summed E-state index contributed by atoms with van der Waals surface area (Å²) in [7, 11) is -3.76. The van der Waals surface area contributed by atoms with Crippen LogP contribution in [0.5, 0.6) is 0 Å². The van der Waals surface area contributed by atoms with Crippen LogP contribution in [0.2, 0.25) is 0 Å². The van der Waals surface area contributed by atoms with Gasteiger partial charge in [0.1, 0.15) is 4.21 Å². The van der Waals surface area contributed by atoms with Gasteiger partial charge in [0.05, 0.1) is 11.9 Å². The van der Waals surface area contributed by atoms with Crippen LogP contribution < -0.4 is 9.83 Å². The number of sulfonamides is 1. The Morgan fingerprint density at radius 1 is 1.12 bits per heavy atom. The zero-order valence-electron chi connectivity index (χ0n) is 13.3. The average molecular weight is 385 g/mol. The molecule has 0 bridgehead atoms. The van der Waals surface area contributed by atoms with Gasteiger partial charge < -0.3 is 5.11 Å². The summed E-state index contributed by atoms with van der Waals surface area (Å²) in [6.07, 6.45) is 4.60. The van der Waals surface area contributed by atoms with Crippen LogP contribution in [-0.4, -0.2) is 25.5 Å². The lowest BCUT2D eigenvalue weighted by Crippen LogP contribution is -2.22. The Hall–Kier alpha value is -3.04. The summed E-state index contributed by atoms with van der Waals surface area (Å²) >= 11 is 1.09. The van der Waals surface area contributed by atoms with Crippen LogP contribution in [-0.2, 0) is 10.0 Å². The van der Waals surface area contributed by atoms with E-state index < -0.39 is 15.9 Å². The van der Waals surface area contributed by atoms with Crippen LogP contribution in [0.15, 0.2) is 80.7 Å². The highest BCUT2D eigenvalue weighted by atomic mass is 32.2. The Morgan fingerprint density at radius 2 is 1.88 bits per heavy atom. The average Bonchev–Trinajstić information content (AvgIpc) is 3.18. The van der Waals surface area contributed by atoms with E-state index in [1.165, 1.54) is 24.4 Å². The van der Waals surface area contributed by atoms with Crippen molar-refractivity contribution in [2.75, 3.05) is 4.72 Å². The molecule has 0 fully saturated rings. The Kier molecular flexibility index (Phi) is 5.40. The number of anilines is 1. The van der Waals surface area contributed by atoms with Gasteiger partial charge in [-0.1, -0.05) is 24.3 Å². The highest BCUT2D eigenvalue weighted by Gasteiger charge is 2.16. The van der Waals surface area contributed by atoms with Crippen LogP contribution in [0.1, 0.15) is 11.1 Å². The fraction of sp³-hybridized carbons (Fsp3) is 0. The molecule has 0 amide bonds. The van der Waals surface area contributed by atoms with Crippen LogP contribution in [0, 0.1) is 0 Å². The fourth-order valence-electron chi connectivity index (χ4n) is 2.02. The van der Waals surface area contributed by atoms with Crippen molar-refractivity contribution < 1.29 is 13.5 Å². The monoisotopic (exact) mass is 385 g/mol. The second-order valence-corrected chi connectivity index (χ2v) is 7.87. The number of aromatic nitrogens is 1. The molecular formula is C17H13N4O3S2-. The van der Waals surface area contributed by atoms with Gasteiger partial charge in [-0.05, 0) is 35.2 Å². The molecule has 0 saturated carbocycles. The van der Waals surface area contributed by atoms with Gasteiger partial charge in [-0.15, -0.1) is 11.3 Å². The van der Waals surface area contributed by atoms with Gasteiger partial charge >= 0.3 is 0 Å². The first-order valence-corrected chi connectivity index (χ1v) is 9.76. The van der Waals surface area contributed by atoms with Crippen LogP contribution in [0.4, 0.5) is 5.69 Å². The minimum absolute atomic E-state index is 0.111. The minimum Gasteiger partial charge on any atom is -0.857 e. The fourth-order valence-corrected chi connectivity index (χ4v) is 4.09. The van der Waals surface area contributed by atoms with E-state index in [-0.39, 0.29) is 15.5 Å².